The average Bonchev–Trinajstić information content (AvgIpc) is 2.85. The van der Waals surface area contributed by atoms with Crippen LogP contribution in [0.25, 0.3) is 22.3 Å². The molecule has 0 heterocycles. The van der Waals surface area contributed by atoms with E-state index in [0.717, 1.165) is 22.3 Å². The third kappa shape index (κ3) is 5.55. The topological polar surface area (TPSA) is 35.5 Å². The first kappa shape index (κ1) is 22.1. The lowest BCUT2D eigenvalue weighted by Gasteiger charge is -2.08. The van der Waals surface area contributed by atoms with Gasteiger partial charge >= 0.3 is 6.16 Å². The number of hydrogen-bond donors (Lipinski definition) is 0. The largest absolute Gasteiger partial charge is 0.519 e. The molecule has 0 aliphatic heterocycles. The molecule has 0 radical (unpaired) electrons. The molecule has 0 saturated heterocycles. The number of hydrogen-bond acceptors (Lipinski definition) is 5. The Bertz CT molecular complexity index is 1070. The van der Waals surface area contributed by atoms with Gasteiger partial charge in [-0.15, -0.1) is 23.5 Å². The second-order valence-electron chi connectivity index (χ2n) is 6.96. The summed E-state index contributed by atoms with van der Waals surface area (Å²) in [5.41, 5.74) is 4.33. The van der Waals surface area contributed by atoms with Crippen molar-refractivity contribution in [2.75, 3.05) is 12.5 Å². The van der Waals surface area contributed by atoms with E-state index in [1.54, 1.807) is 47.8 Å². The molecule has 0 aromatic heterocycles. The molecule has 0 bridgehead atoms. The molecule has 0 amide bonds. The summed E-state index contributed by atoms with van der Waals surface area (Å²) in [7, 11) is 0. The first-order chi connectivity index (χ1) is 15.6. The highest BCUT2D eigenvalue weighted by molar-refractivity contribution is 7.98. The van der Waals surface area contributed by atoms with Gasteiger partial charge in [-0.3, -0.25) is 0 Å². The van der Waals surface area contributed by atoms with Crippen molar-refractivity contribution < 1.29 is 14.3 Å². The summed E-state index contributed by atoms with van der Waals surface area (Å²) in [6, 6.07) is 31.4. The number of ether oxygens (including phenoxy) is 2. The van der Waals surface area contributed by atoms with Crippen LogP contribution >= 0.6 is 23.5 Å². The van der Waals surface area contributed by atoms with Gasteiger partial charge < -0.3 is 9.47 Å². The van der Waals surface area contributed by atoms with Crippen LogP contribution < -0.4 is 9.47 Å². The molecule has 0 aliphatic rings. The zero-order chi connectivity index (χ0) is 22.3. The molecule has 32 heavy (non-hydrogen) atoms. The van der Waals surface area contributed by atoms with Crippen LogP contribution in [0.2, 0.25) is 0 Å². The van der Waals surface area contributed by atoms with Gasteiger partial charge in [-0.05, 0) is 83.3 Å². The number of thioether (sulfide) groups is 2. The lowest BCUT2D eigenvalue weighted by atomic mass is 10.1. The zero-order valence-corrected chi connectivity index (χ0v) is 19.4. The first-order valence-electron chi connectivity index (χ1n) is 10.0. The number of carbonyl (C=O) groups is 1. The fraction of sp³-hybridized carbons (Fsp3) is 0.0741. The van der Waals surface area contributed by atoms with Crippen LogP contribution in [0.1, 0.15) is 0 Å². The molecular weight excluding hydrogens is 436 g/mol. The van der Waals surface area contributed by atoms with E-state index in [1.165, 1.54) is 9.79 Å². The highest BCUT2D eigenvalue weighted by Crippen LogP contribution is 2.27. The van der Waals surface area contributed by atoms with E-state index in [4.69, 9.17) is 9.47 Å². The molecule has 0 saturated carbocycles. The van der Waals surface area contributed by atoms with Crippen molar-refractivity contribution in [1.29, 1.82) is 0 Å². The van der Waals surface area contributed by atoms with Gasteiger partial charge in [0.1, 0.15) is 11.5 Å². The maximum atomic E-state index is 12.2. The van der Waals surface area contributed by atoms with Crippen molar-refractivity contribution in [2.24, 2.45) is 0 Å². The Labute approximate surface area is 196 Å². The monoisotopic (exact) mass is 458 g/mol. The van der Waals surface area contributed by atoms with Crippen LogP contribution in [-0.4, -0.2) is 18.7 Å². The van der Waals surface area contributed by atoms with E-state index in [0.29, 0.717) is 11.5 Å². The van der Waals surface area contributed by atoms with E-state index in [1.807, 2.05) is 24.3 Å². The smallest absolute Gasteiger partial charge is 0.395 e. The summed E-state index contributed by atoms with van der Waals surface area (Å²) in [5.74, 6) is 0.870. The lowest BCUT2D eigenvalue weighted by molar-refractivity contribution is 0.152. The predicted octanol–water partition coefficient (Wildman–Crippen LogP) is 8.04. The Morgan fingerprint density at radius 3 is 1.06 bits per heavy atom. The number of carbonyl (C=O) groups excluding carboxylic acids is 1. The van der Waals surface area contributed by atoms with Gasteiger partial charge in [-0.2, -0.15) is 0 Å². The van der Waals surface area contributed by atoms with E-state index >= 15 is 0 Å². The predicted molar refractivity (Wildman–Crippen MR) is 134 cm³/mol. The van der Waals surface area contributed by atoms with Crippen LogP contribution in [0.5, 0.6) is 11.5 Å². The summed E-state index contributed by atoms with van der Waals surface area (Å²) >= 11 is 3.42. The van der Waals surface area contributed by atoms with Crippen LogP contribution in [0.15, 0.2) is 107 Å². The van der Waals surface area contributed by atoms with E-state index < -0.39 is 6.16 Å². The Kier molecular flexibility index (Phi) is 7.20. The minimum Gasteiger partial charge on any atom is -0.395 e. The van der Waals surface area contributed by atoms with Gasteiger partial charge in [0.25, 0.3) is 0 Å². The molecule has 4 aromatic rings. The molecule has 0 spiro atoms. The average molecular weight is 459 g/mol. The quantitative estimate of drug-likeness (QED) is 0.166. The van der Waals surface area contributed by atoms with Crippen molar-refractivity contribution in [3.05, 3.63) is 97.1 Å². The Hall–Kier alpha value is -3.15. The minimum absolute atomic E-state index is 0.435. The Morgan fingerprint density at radius 2 is 0.781 bits per heavy atom. The molecule has 0 N–H and O–H groups in total. The second kappa shape index (κ2) is 10.4. The van der Waals surface area contributed by atoms with E-state index in [-0.39, 0.29) is 0 Å². The van der Waals surface area contributed by atoms with E-state index in [9.17, 15) is 4.79 Å². The maximum absolute atomic E-state index is 12.2. The standard InChI is InChI=1S/C27H22O3S2/c1-31-25-15-7-21(8-16-25)19-3-11-23(12-4-19)29-27(28)30-24-13-5-20(6-14-24)22-9-17-26(32-2)18-10-22/h3-18H,1-2H3. The van der Waals surface area contributed by atoms with Crippen LogP contribution in [0.4, 0.5) is 4.79 Å². The summed E-state index contributed by atoms with van der Waals surface area (Å²) in [4.78, 5) is 14.6. The summed E-state index contributed by atoms with van der Waals surface area (Å²) in [6.07, 6.45) is 3.34. The highest BCUT2D eigenvalue weighted by Gasteiger charge is 2.09. The van der Waals surface area contributed by atoms with Crippen molar-refractivity contribution in [1.82, 2.24) is 0 Å². The fourth-order valence-corrected chi connectivity index (χ4v) is 4.03. The van der Waals surface area contributed by atoms with Gasteiger partial charge in [-0.1, -0.05) is 48.5 Å². The SMILES string of the molecule is CSc1ccc(-c2ccc(OC(=O)Oc3ccc(-c4ccc(SC)cc4)cc3)cc2)cc1. The molecule has 0 atom stereocenters. The number of benzene rings is 4. The number of rotatable bonds is 6. The van der Waals surface area contributed by atoms with Crippen LogP contribution in [-0.2, 0) is 0 Å². The fourth-order valence-electron chi connectivity index (χ4n) is 3.21. The zero-order valence-electron chi connectivity index (χ0n) is 17.8. The van der Waals surface area contributed by atoms with Crippen molar-refractivity contribution in [2.45, 2.75) is 9.79 Å². The summed E-state index contributed by atoms with van der Waals surface area (Å²) in [6.45, 7) is 0. The molecule has 0 fully saturated rings. The molecule has 160 valence electrons. The minimum atomic E-state index is -0.765. The van der Waals surface area contributed by atoms with Crippen LogP contribution in [0.3, 0.4) is 0 Å². The van der Waals surface area contributed by atoms with Gasteiger partial charge in [-0.25, -0.2) is 4.79 Å². The molecule has 0 unspecified atom stereocenters. The molecule has 4 rings (SSSR count). The third-order valence-corrected chi connectivity index (χ3v) is 6.44. The normalized spacial score (nSPS) is 10.6. The van der Waals surface area contributed by atoms with Gasteiger partial charge in [0, 0.05) is 9.79 Å². The Balaban J connectivity index is 1.35. The highest BCUT2D eigenvalue weighted by atomic mass is 32.2. The molecular formula is C27H22O3S2. The van der Waals surface area contributed by atoms with Crippen LogP contribution in [0, 0.1) is 0 Å². The second-order valence-corrected chi connectivity index (χ2v) is 8.72. The van der Waals surface area contributed by atoms with Crippen molar-refractivity contribution >= 4 is 29.7 Å². The molecule has 5 heteroatoms. The molecule has 3 nitrogen and oxygen atoms in total. The van der Waals surface area contributed by atoms with Crippen molar-refractivity contribution in [3.8, 4) is 33.8 Å². The van der Waals surface area contributed by atoms with E-state index in [2.05, 4.69) is 61.0 Å². The lowest BCUT2D eigenvalue weighted by Crippen LogP contribution is -2.13. The Morgan fingerprint density at radius 1 is 0.500 bits per heavy atom. The van der Waals surface area contributed by atoms with Gasteiger partial charge in [0.05, 0.1) is 0 Å². The van der Waals surface area contributed by atoms with Gasteiger partial charge in [0.15, 0.2) is 0 Å². The van der Waals surface area contributed by atoms with Crippen molar-refractivity contribution in [3.63, 3.8) is 0 Å². The molecule has 4 aromatic carbocycles. The maximum Gasteiger partial charge on any atom is 0.519 e. The third-order valence-electron chi connectivity index (χ3n) is 4.96. The summed E-state index contributed by atoms with van der Waals surface area (Å²) in [5, 5.41) is 0. The summed E-state index contributed by atoms with van der Waals surface area (Å²) < 4.78 is 10.6. The first-order valence-corrected chi connectivity index (χ1v) is 12.5. The molecule has 0 aliphatic carbocycles. The van der Waals surface area contributed by atoms with Gasteiger partial charge in [0.2, 0.25) is 0 Å².